The van der Waals surface area contributed by atoms with E-state index in [4.69, 9.17) is 0 Å². The van der Waals surface area contributed by atoms with Gasteiger partial charge in [-0.05, 0) is 34.4 Å². The van der Waals surface area contributed by atoms with E-state index in [1.165, 1.54) is 6.07 Å². The summed E-state index contributed by atoms with van der Waals surface area (Å²) in [5, 5.41) is 14.4. The molecule has 5 heteroatoms. The summed E-state index contributed by atoms with van der Waals surface area (Å²) in [4.78, 5) is -0.118. The topological polar surface area (TPSA) is 74.6 Å². The van der Waals surface area contributed by atoms with E-state index < -0.39 is 10.1 Å². The number of aromatic hydroxyl groups is 1. The van der Waals surface area contributed by atoms with Gasteiger partial charge >= 0.3 is 0 Å². The van der Waals surface area contributed by atoms with E-state index in [1.54, 1.807) is 30.3 Å². The lowest BCUT2D eigenvalue weighted by Gasteiger charge is -2.13. The van der Waals surface area contributed by atoms with E-state index in [0.29, 0.717) is 10.8 Å². The smallest absolute Gasteiger partial charge is 0.295 e. The van der Waals surface area contributed by atoms with Crippen molar-refractivity contribution in [2.24, 2.45) is 0 Å². The molecular weight excluding hydrogens is 288 g/mol. The van der Waals surface area contributed by atoms with Gasteiger partial charge in [0.2, 0.25) is 0 Å². The molecule has 104 valence electrons. The van der Waals surface area contributed by atoms with Crippen molar-refractivity contribution in [1.29, 1.82) is 0 Å². The minimum Gasteiger partial charge on any atom is -0.507 e. The number of rotatable bonds is 1. The van der Waals surface area contributed by atoms with Gasteiger partial charge in [-0.25, -0.2) is 0 Å². The lowest BCUT2D eigenvalue weighted by molar-refractivity contribution is 0.481. The van der Waals surface area contributed by atoms with Gasteiger partial charge in [0.1, 0.15) is 10.6 Å². The van der Waals surface area contributed by atoms with Gasteiger partial charge in [0.05, 0.1) is 0 Å². The minimum atomic E-state index is -4.30. The van der Waals surface area contributed by atoms with Crippen molar-refractivity contribution in [3.05, 3.63) is 48.5 Å². The first-order chi connectivity index (χ1) is 9.97. The Kier molecular flexibility index (Phi) is 2.26. The molecule has 0 unspecified atom stereocenters. The summed E-state index contributed by atoms with van der Waals surface area (Å²) >= 11 is 0. The zero-order valence-electron chi connectivity index (χ0n) is 10.7. The Bertz CT molecular complexity index is 1110. The molecule has 0 heterocycles. The second kappa shape index (κ2) is 3.84. The fraction of sp³-hybridized carbons (Fsp3) is 0. The first-order valence-electron chi connectivity index (χ1n) is 6.34. The molecule has 4 nitrogen and oxygen atoms in total. The molecule has 0 saturated heterocycles. The van der Waals surface area contributed by atoms with Crippen LogP contribution in [0.2, 0.25) is 0 Å². The predicted molar refractivity (Wildman–Crippen MR) is 81.6 cm³/mol. The van der Waals surface area contributed by atoms with Crippen LogP contribution >= 0.6 is 0 Å². The Balaban J connectivity index is 2.39. The third-order valence-electron chi connectivity index (χ3n) is 3.88. The Morgan fingerprint density at radius 2 is 1.24 bits per heavy atom. The van der Waals surface area contributed by atoms with E-state index >= 15 is 0 Å². The van der Waals surface area contributed by atoms with Gasteiger partial charge in [-0.1, -0.05) is 30.3 Å². The molecule has 0 spiro atoms. The molecule has 0 radical (unpaired) electrons. The third kappa shape index (κ3) is 1.62. The zero-order valence-corrected chi connectivity index (χ0v) is 11.6. The highest BCUT2D eigenvalue weighted by Gasteiger charge is 2.18. The van der Waals surface area contributed by atoms with E-state index in [2.05, 4.69) is 0 Å². The lowest BCUT2D eigenvalue weighted by atomic mass is 9.94. The molecule has 2 N–H and O–H groups in total. The number of phenolic OH excluding ortho intramolecular Hbond substituents is 1. The highest BCUT2D eigenvalue weighted by atomic mass is 32.2. The van der Waals surface area contributed by atoms with Crippen molar-refractivity contribution >= 4 is 42.4 Å². The van der Waals surface area contributed by atoms with Gasteiger partial charge in [0.25, 0.3) is 10.1 Å². The Hall–Kier alpha value is -2.37. The third-order valence-corrected chi connectivity index (χ3v) is 4.79. The van der Waals surface area contributed by atoms with Gasteiger partial charge in [-0.2, -0.15) is 8.42 Å². The molecule has 0 bridgehead atoms. The van der Waals surface area contributed by atoms with E-state index in [0.717, 1.165) is 21.5 Å². The normalized spacial score (nSPS) is 12.6. The largest absolute Gasteiger partial charge is 0.507 e. The van der Waals surface area contributed by atoms with Crippen molar-refractivity contribution in [2.45, 2.75) is 4.90 Å². The van der Waals surface area contributed by atoms with Crippen LogP contribution in [0.3, 0.4) is 0 Å². The summed E-state index contributed by atoms with van der Waals surface area (Å²) in [6.45, 7) is 0. The minimum absolute atomic E-state index is 0.118. The predicted octanol–water partition coefficient (Wildman–Crippen LogP) is 3.54. The van der Waals surface area contributed by atoms with Crippen molar-refractivity contribution in [3.8, 4) is 5.75 Å². The van der Waals surface area contributed by atoms with Gasteiger partial charge in [0.15, 0.2) is 0 Å². The van der Waals surface area contributed by atoms with Crippen LogP contribution < -0.4 is 0 Å². The van der Waals surface area contributed by atoms with Crippen molar-refractivity contribution in [2.75, 3.05) is 0 Å². The molecule has 0 aliphatic heterocycles. The van der Waals surface area contributed by atoms with Crippen LogP contribution in [0.5, 0.6) is 5.75 Å². The highest BCUT2D eigenvalue weighted by molar-refractivity contribution is 7.86. The Morgan fingerprint density at radius 1 is 0.714 bits per heavy atom. The molecule has 4 aromatic carbocycles. The van der Waals surface area contributed by atoms with Crippen LogP contribution in [-0.4, -0.2) is 18.1 Å². The first-order valence-corrected chi connectivity index (χ1v) is 7.78. The van der Waals surface area contributed by atoms with Crippen LogP contribution in [0.15, 0.2) is 53.4 Å². The van der Waals surface area contributed by atoms with E-state index in [9.17, 15) is 18.1 Å². The van der Waals surface area contributed by atoms with Crippen LogP contribution in [0.1, 0.15) is 0 Å². The molecule has 0 amide bonds. The monoisotopic (exact) mass is 298 g/mol. The number of hydrogen-bond acceptors (Lipinski definition) is 3. The van der Waals surface area contributed by atoms with Gasteiger partial charge in [0, 0.05) is 16.2 Å². The fourth-order valence-electron chi connectivity index (χ4n) is 2.98. The maximum atomic E-state index is 11.6. The molecule has 4 rings (SSSR count). The first kappa shape index (κ1) is 12.4. The standard InChI is InChI=1S/C16H10O4S/c17-13-7-3-9-1-2-10-4-8-14(21(18,19)20)12-6-5-11(13)15(9)16(10)12/h1-8,17H,(H,18,19,20). The Morgan fingerprint density at radius 3 is 1.90 bits per heavy atom. The second-order valence-corrected chi connectivity index (χ2v) is 6.44. The van der Waals surface area contributed by atoms with E-state index in [-0.39, 0.29) is 10.6 Å². The molecule has 0 fully saturated rings. The van der Waals surface area contributed by atoms with Crippen LogP contribution in [0.25, 0.3) is 32.3 Å². The Labute approximate surface area is 120 Å². The molecular formula is C16H10O4S. The van der Waals surface area contributed by atoms with Crippen molar-refractivity contribution in [3.63, 3.8) is 0 Å². The van der Waals surface area contributed by atoms with Crippen LogP contribution in [-0.2, 0) is 10.1 Å². The van der Waals surface area contributed by atoms with Crippen LogP contribution in [0, 0.1) is 0 Å². The summed E-state index contributed by atoms with van der Waals surface area (Å²) in [6.07, 6.45) is 0. The summed E-state index contributed by atoms with van der Waals surface area (Å²) < 4.78 is 32.5. The highest BCUT2D eigenvalue weighted by Crippen LogP contribution is 2.39. The zero-order chi connectivity index (χ0) is 14.8. The van der Waals surface area contributed by atoms with Crippen molar-refractivity contribution < 1.29 is 18.1 Å². The van der Waals surface area contributed by atoms with E-state index in [1.807, 2.05) is 12.1 Å². The van der Waals surface area contributed by atoms with Gasteiger partial charge in [-0.3, -0.25) is 4.55 Å². The molecule has 0 aliphatic rings. The second-order valence-electron chi connectivity index (χ2n) is 5.05. The molecule has 21 heavy (non-hydrogen) atoms. The fourth-order valence-corrected chi connectivity index (χ4v) is 3.67. The molecule has 4 aromatic rings. The van der Waals surface area contributed by atoms with Gasteiger partial charge < -0.3 is 5.11 Å². The quantitative estimate of drug-likeness (QED) is 0.416. The molecule has 0 atom stereocenters. The molecule has 0 aromatic heterocycles. The maximum Gasteiger partial charge on any atom is 0.295 e. The summed E-state index contributed by atoms with van der Waals surface area (Å²) in [5.74, 6) is 0.147. The number of hydrogen-bond donors (Lipinski definition) is 2. The lowest BCUT2D eigenvalue weighted by Crippen LogP contribution is -1.99. The number of phenols is 1. The van der Waals surface area contributed by atoms with Crippen molar-refractivity contribution in [1.82, 2.24) is 0 Å². The maximum absolute atomic E-state index is 11.6. The average Bonchev–Trinajstić information content (AvgIpc) is 2.45. The van der Waals surface area contributed by atoms with Crippen LogP contribution in [0.4, 0.5) is 0 Å². The summed E-state index contributed by atoms with van der Waals surface area (Å²) in [5.41, 5.74) is 0. The average molecular weight is 298 g/mol. The summed E-state index contributed by atoms with van der Waals surface area (Å²) in [7, 11) is -4.30. The molecule has 0 saturated carbocycles. The number of benzene rings is 4. The molecule has 0 aliphatic carbocycles. The van der Waals surface area contributed by atoms with Gasteiger partial charge in [-0.15, -0.1) is 0 Å². The summed E-state index contributed by atoms with van der Waals surface area (Å²) in [6, 6.07) is 13.6. The SMILES string of the molecule is O=S(=O)(O)c1ccc2ccc3ccc(O)c4ccc1c2c34.